The van der Waals surface area contributed by atoms with Crippen molar-refractivity contribution in [1.29, 1.82) is 0 Å². The second-order valence-electron chi connectivity index (χ2n) is 8.33. The number of nitrogens with one attached hydrogen (secondary N) is 2. The predicted octanol–water partition coefficient (Wildman–Crippen LogP) is 3.53. The van der Waals surface area contributed by atoms with Crippen LogP contribution in [0.4, 0.5) is 5.69 Å². The average Bonchev–Trinajstić information content (AvgIpc) is 3.43. The van der Waals surface area contributed by atoms with E-state index in [-0.39, 0.29) is 23.8 Å². The van der Waals surface area contributed by atoms with Gasteiger partial charge in [-0.2, -0.15) is 0 Å². The van der Waals surface area contributed by atoms with Crippen LogP contribution in [0, 0.1) is 5.92 Å². The quantitative estimate of drug-likeness (QED) is 0.805. The van der Waals surface area contributed by atoms with Crippen LogP contribution >= 0.6 is 0 Å². The van der Waals surface area contributed by atoms with E-state index in [1.807, 2.05) is 24.3 Å². The Labute approximate surface area is 161 Å². The topological polar surface area (TPSA) is 67.4 Å². The summed E-state index contributed by atoms with van der Waals surface area (Å²) in [5.41, 5.74) is 1.44. The highest BCUT2D eigenvalue weighted by Gasteiger charge is 2.41. The molecule has 4 rings (SSSR count). The van der Waals surface area contributed by atoms with Crippen molar-refractivity contribution < 1.29 is 14.3 Å². The predicted molar refractivity (Wildman–Crippen MR) is 105 cm³/mol. The zero-order valence-electron chi connectivity index (χ0n) is 16.0. The van der Waals surface area contributed by atoms with Crippen molar-refractivity contribution in [3.63, 3.8) is 0 Å². The van der Waals surface area contributed by atoms with Gasteiger partial charge in [0.2, 0.25) is 11.8 Å². The van der Waals surface area contributed by atoms with Crippen LogP contribution in [0.15, 0.2) is 24.3 Å². The molecule has 27 heavy (non-hydrogen) atoms. The number of rotatable bonds is 6. The van der Waals surface area contributed by atoms with Crippen LogP contribution in [0.2, 0.25) is 0 Å². The maximum absolute atomic E-state index is 13.2. The van der Waals surface area contributed by atoms with E-state index in [2.05, 4.69) is 10.6 Å². The molecular weight excluding hydrogens is 340 g/mol. The van der Waals surface area contributed by atoms with Crippen molar-refractivity contribution in [2.24, 2.45) is 5.92 Å². The Balaban J connectivity index is 1.46. The minimum atomic E-state index is -0.449. The lowest BCUT2D eigenvalue weighted by Gasteiger charge is -2.36. The maximum Gasteiger partial charge on any atom is 0.230 e. The van der Waals surface area contributed by atoms with Crippen molar-refractivity contribution in [2.75, 3.05) is 18.5 Å². The maximum atomic E-state index is 13.2. The monoisotopic (exact) mass is 370 g/mol. The van der Waals surface area contributed by atoms with Crippen molar-refractivity contribution in [3.8, 4) is 0 Å². The number of amides is 2. The number of hydrogen-bond acceptors (Lipinski definition) is 3. The third-order valence-corrected chi connectivity index (χ3v) is 6.31. The molecular formula is C22H30N2O3. The molecule has 0 bridgehead atoms. The first-order valence-electron chi connectivity index (χ1n) is 10.5. The van der Waals surface area contributed by atoms with Gasteiger partial charge < -0.3 is 15.4 Å². The van der Waals surface area contributed by atoms with E-state index in [9.17, 15) is 9.59 Å². The van der Waals surface area contributed by atoms with Crippen LogP contribution in [0.1, 0.15) is 63.4 Å². The fraction of sp³-hybridized carbons (Fsp3) is 0.636. The Morgan fingerprint density at radius 3 is 2.37 bits per heavy atom. The third-order valence-electron chi connectivity index (χ3n) is 6.31. The van der Waals surface area contributed by atoms with Crippen LogP contribution < -0.4 is 10.6 Å². The van der Waals surface area contributed by atoms with E-state index < -0.39 is 5.41 Å². The van der Waals surface area contributed by atoms with Gasteiger partial charge in [-0.25, -0.2) is 0 Å². The van der Waals surface area contributed by atoms with Gasteiger partial charge >= 0.3 is 0 Å². The van der Waals surface area contributed by atoms with E-state index >= 15 is 0 Å². The van der Waals surface area contributed by atoms with Gasteiger partial charge in [-0.15, -0.1) is 0 Å². The first-order chi connectivity index (χ1) is 13.2. The van der Waals surface area contributed by atoms with E-state index in [1.165, 1.54) is 6.42 Å². The molecule has 2 saturated carbocycles. The molecule has 2 N–H and O–H groups in total. The Morgan fingerprint density at radius 1 is 1.00 bits per heavy atom. The minimum Gasteiger partial charge on any atom is -0.376 e. The van der Waals surface area contributed by atoms with Gasteiger partial charge in [-0.1, -0.05) is 31.4 Å². The summed E-state index contributed by atoms with van der Waals surface area (Å²) in [6, 6.07) is 7.94. The first-order valence-corrected chi connectivity index (χ1v) is 10.5. The lowest BCUT2D eigenvalue weighted by atomic mass is 9.68. The van der Waals surface area contributed by atoms with Crippen LogP contribution in [0.3, 0.4) is 0 Å². The molecule has 0 spiro atoms. The van der Waals surface area contributed by atoms with Crippen molar-refractivity contribution >= 4 is 17.5 Å². The second kappa shape index (κ2) is 8.01. The lowest BCUT2D eigenvalue weighted by Crippen LogP contribution is -2.47. The average molecular weight is 370 g/mol. The van der Waals surface area contributed by atoms with Crippen molar-refractivity contribution in [3.05, 3.63) is 29.8 Å². The smallest absolute Gasteiger partial charge is 0.230 e. The van der Waals surface area contributed by atoms with Crippen LogP contribution in [0.5, 0.6) is 0 Å². The molecule has 5 heteroatoms. The van der Waals surface area contributed by atoms with E-state index in [1.54, 1.807) is 0 Å². The molecule has 1 aromatic carbocycles. The number of carbonyl (C=O) groups is 2. The first kappa shape index (κ1) is 18.5. The largest absolute Gasteiger partial charge is 0.376 e. The van der Waals surface area contributed by atoms with Crippen LogP contribution in [-0.4, -0.2) is 31.1 Å². The number of ether oxygens (including phenoxy) is 1. The molecule has 1 aromatic rings. The normalized spacial score (nSPS) is 24.4. The molecule has 1 aliphatic heterocycles. The zero-order valence-corrected chi connectivity index (χ0v) is 16.0. The Morgan fingerprint density at radius 2 is 1.74 bits per heavy atom. The molecule has 1 unspecified atom stereocenters. The summed E-state index contributed by atoms with van der Waals surface area (Å²) < 4.78 is 5.65. The van der Waals surface area contributed by atoms with Crippen LogP contribution in [0.25, 0.3) is 0 Å². The molecule has 3 aliphatic rings. The summed E-state index contributed by atoms with van der Waals surface area (Å²) >= 11 is 0. The highest BCUT2D eigenvalue weighted by molar-refractivity contribution is 5.94. The molecule has 3 fully saturated rings. The molecule has 146 valence electrons. The molecule has 2 amide bonds. The number of hydrogen-bond donors (Lipinski definition) is 2. The summed E-state index contributed by atoms with van der Waals surface area (Å²) in [5.74, 6) is 0.440. The Bertz CT molecular complexity index is 669. The van der Waals surface area contributed by atoms with E-state index in [0.717, 1.165) is 69.2 Å². The van der Waals surface area contributed by atoms with Gasteiger partial charge in [0.05, 0.1) is 11.5 Å². The zero-order chi connectivity index (χ0) is 18.7. The van der Waals surface area contributed by atoms with Gasteiger partial charge in [0.25, 0.3) is 0 Å². The summed E-state index contributed by atoms with van der Waals surface area (Å²) in [4.78, 5) is 25.2. The Kier molecular flexibility index (Phi) is 5.48. The van der Waals surface area contributed by atoms with Gasteiger partial charge in [0.1, 0.15) is 0 Å². The van der Waals surface area contributed by atoms with Crippen molar-refractivity contribution in [2.45, 2.75) is 69.3 Å². The summed E-state index contributed by atoms with van der Waals surface area (Å²) in [6.45, 7) is 1.41. The van der Waals surface area contributed by atoms with Gasteiger partial charge in [0.15, 0.2) is 0 Å². The fourth-order valence-electron chi connectivity index (χ4n) is 4.45. The molecule has 1 saturated heterocycles. The highest BCUT2D eigenvalue weighted by atomic mass is 16.5. The number of benzene rings is 1. The second-order valence-corrected chi connectivity index (χ2v) is 8.33. The molecule has 5 nitrogen and oxygen atoms in total. The summed E-state index contributed by atoms with van der Waals surface area (Å²) in [7, 11) is 0. The van der Waals surface area contributed by atoms with Gasteiger partial charge in [-0.3, -0.25) is 9.59 Å². The highest BCUT2D eigenvalue weighted by Crippen LogP contribution is 2.40. The van der Waals surface area contributed by atoms with Crippen LogP contribution in [-0.2, 0) is 19.7 Å². The SMILES string of the molecule is O=C(Nc1ccc(C2(C(=O)NCC3CCCO3)CCCCC2)cc1)C1CC1. The number of carbonyl (C=O) groups excluding carboxylic acids is 2. The number of anilines is 1. The summed E-state index contributed by atoms with van der Waals surface area (Å²) in [5, 5.41) is 6.15. The fourth-order valence-corrected chi connectivity index (χ4v) is 4.45. The molecule has 2 aliphatic carbocycles. The molecule has 1 atom stereocenters. The minimum absolute atomic E-state index is 0.115. The molecule has 0 radical (unpaired) electrons. The molecule has 0 aromatic heterocycles. The lowest BCUT2D eigenvalue weighted by molar-refractivity contribution is -0.128. The summed E-state index contributed by atoms with van der Waals surface area (Å²) in [6.07, 6.45) is 9.39. The molecule has 1 heterocycles. The van der Waals surface area contributed by atoms with Crippen molar-refractivity contribution in [1.82, 2.24) is 5.32 Å². The van der Waals surface area contributed by atoms with E-state index in [0.29, 0.717) is 6.54 Å². The Hall–Kier alpha value is -1.88. The van der Waals surface area contributed by atoms with E-state index in [4.69, 9.17) is 4.74 Å². The van der Waals surface area contributed by atoms with Gasteiger partial charge in [-0.05, 0) is 56.2 Å². The third kappa shape index (κ3) is 4.18. The standard InChI is InChI=1S/C22H30N2O3/c25-20(16-6-7-16)24-18-10-8-17(9-11-18)22(12-2-1-3-13-22)21(26)23-15-19-5-4-14-27-19/h8-11,16,19H,1-7,12-15H2,(H,23,26)(H,24,25). The van der Waals surface area contributed by atoms with Gasteiger partial charge in [0, 0.05) is 24.8 Å².